The van der Waals surface area contributed by atoms with Crippen LogP contribution in [0.3, 0.4) is 0 Å². The number of hydrogen-bond donors (Lipinski definition) is 0. The molecule has 1 aliphatic heterocycles. The third-order valence-corrected chi connectivity index (χ3v) is 5.80. The summed E-state index contributed by atoms with van der Waals surface area (Å²) in [6.45, 7) is 4.54. The van der Waals surface area contributed by atoms with Crippen molar-refractivity contribution in [1.29, 1.82) is 0 Å². The lowest BCUT2D eigenvalue weighted by molar-refractivity contribution is -0.133. The Morgan fingerprint density at radius 3 is 2.52 bits per heavy atom. The van der Waals surface area contributed by atoms with E-state index in [1.54, 1.807) is 11.1 Å². The first-order chi connectivity index (χ1) is 15.2. The van der Waals surface area contributed by atoms with Crippen molar-refractivity contribution in [2.45, 2.75) is 25.3 Å². The molecule has 7 nitrogen and oxygen atoms in total. The first-order valence-corrected chi connectivity index (χ1v) is 11.0. The van der Waals surface area contributed by atoms with Gasteiger partial charge < -0.3 is 9.80 Å². The maximum Gasteiger partial charge on any atom is 0.274 e. The van der Waals surface area contributed by atoms with Crippen LogP contribution in [0.1, 0.15) is 35.3 Å². The van der Waals surface area contributed by atoms with Gasteiger partial charge >= 0.3 is 0 Å². The molecule has 0 unspecified atom stereocenters. The number of aromatic nitrogens is 2. The Bertz CT molecular complexity index is 891. The van der Waals surface area contributed by atoms with E-state index in [1.807, 2.05) is 23.1 Å². The highest BCUT2D eigenvalue weighted by molar-refractivity contribution is 5.92. The van der Waals surface area contributed by atoms with E-state index in [4.69, 9.17) is 0 Å². The molecule has 0 N–H and O–H groups in total. The van der Waals surface area contributed by atoms with E-state index in [1.165, 1.54) is 18.0 Å². The average Bonchev–Trinajstić information content (AvgIpc) is 3.66. The highest BCUT2D eigenvalue weighted by Crippen LogP contribution is 2.28. The zero-order valence-electron chi connectivity index (χ0n) is 17.8. The average molecular weight is 420 g/mol. The molecule has 7 heteroatoms. The van der Waals surface area contributed by atoms with E-state index in [-0.39, 0.29) is 17.9 Å². The summed E-state index contributed by atoms with van der Waals surface area (Å²) in [6, 6.07) is 10.5. The molecule has 2 aromatic rings. The van der Waals surface area contributed by atoms with E-state index in [0.29, 0.717) is 18.7 Å². The van der Waals surface area contributed by atoms with E-state index in [9.17, 15) is 9.59 Å². The third-order valence-electron chi connectivity index (χ3n) is 5.80. The van der Waals surface area contributed by atoms with Crippen molar-refractivity contribution >= 4 is 17.9 Å². The molecule has 0 atom stereocenters. The molecule has 1 aromatic heterocycles. The molecule has 4 rings (SSSR count). The van der Waals surface area contributed by atoms with Gasteiger partial charge in [0.1, 0.15) is 5.69 Å². The summed E-state index contributed by atoms with van der Waals surface area (Å²) in [6.07, 6.45) is 11.2. The summed E-state index contributed by atoms with van der Waals surface area (Å²) in [5.41, 5.74) is 1.55. The Kier molecular flexibility index (Phi) is 7.04. The fraction of sp³-hybridized carbons (Fsp3) is 0.417. The Morgan fingerprint density at radius 1 is 1.06 bits per heavy atom. The molecule has 162 valence electrons. The summed E-state index contributed by atoms with van der Waals surface area (Å²) in [4.78, 5) is 39.7. The highest BCUT2D eigenvalue weighted by atomic mass is 16.2. The standard InChI is InChI=1S/C24H29N5O2/c30-23(10-14-29(21-8-9-21)24(31)22-19-25-11-12-26-22)28-17-15-27(16-18-28)13-4-7-20-5-2-1-3-6-20/h1-7,11-12,19,21H,8-10,13-18H2. The second-order valence-corrected chi connectivity index (χ2v) is 8.06. The third kappa shape index (κ3) is 5.98. The maximum atomic E-state index is 12.7. The number of carbonyl (C=O) groups is 2. The zero-order chi connectivity index (χ0) is 21.5. The number of amides is 2. The largest absolute Gasteiger partial charge is 0.340 e. The van der Waals surface area contributed by atoms with Crippen LogP contribution >= 0.6 is 0 Å². The molecule has 2 fully saturated rings. The predicted molar refractivity (Wildman–Crippen MR) is 119 cm³/mol. The van der Waals surface area contributed by atoms with Gasteiger partial charge in [-0.25, -0.2) is 4.98 Å². The van der Waals surface area contributed by atoms with Crippen LogP contribution in [0.4, 0.5) is 0 Å². The van der Waals surface area contributed by atoms with Gasteiger partial charge in [-0.3, -0.25) is 19.5 Å². The fourth-order valence-electron chi connectivity index (χ4n) is 3.85. The number of rotatable bonds is 8. The van der Waals surface area contributed by atoms with Crippen LogP contribution in [0, 0.1) is 0 Å². The number of benzene rings is 1. The lowest BCUT2D eigenvalue weighted by Crippen LogP contribution is -2.49. The summed E-state index contributed by atoms with van der Waals surface area (Å²) >= 11 is 0. The van der Waals surface area contributed by atoms with Gasteiger partial charge in [-0.05, 0) is 18.4 Å². The normalized spacial score (nSPS) is 17.1. The summed E-state index contributed by atoms with van der Waals surface area (Å²) in [5, 5.41) is 0. The number of hydrogen-bond acceptors (Lipinski definition) is 5. The molecule has 2 aliphatic rings. The van der Waals surface area contributed by atoms with E-state index in [0.717, 1.165) is 45.6 Å². The minimum absolute atomic E-state index is 0.122. The van der Waals surface area contributed by atoms with Crippen LogP contribution in [0.15, 0.2) is 55.0 Å². The second-order valence-electron chi connectivity index (χ2n) is 8.06. The number of piperazine rings is 1. The summed E-state index contributed by atoms with van der Waals surface area (Å²) < 4.78 is 0. The van der Waals surface area contributed by atoms with Crippen LogP contribution in [0.25, 0.3) is 6.08 Å². The van der Waals surface area contributed by atoms with E-state index in [2.05, 4.69) is 39.2 Å². The lowest BCUT2D eigenvalue weighted by Gasteiger charge is -2.34. The molecule has 2 heterocycles. The number of carbonyl (C=O) groups excluding carboxylic acids is 2. The molecule has 1 saturated carbocycles. The van der Waals surface area contributed by atoms with Gasteiger partial charge in [0.25, 0.3) is 5.91 Å². The lowest BCUT2D eigenvalue weighted by atomic mass is 10.2. The molecule has 0 radical (unpaired) electrons. The zero-order valence-corrected chi connectivity index (χ0v) is 17.8. The van der Waals surface area contributed by atoms with Crippen molar-refractivity contribution in [3.63, 3.8) is 0 Å². The summed E-state index contributed by atoms with van der Waals surface area (Å²) in [7, 11) is 0. The Balaban J connectivity index is 1.21. The Morgan fingerprint density at radius 2 is 1.84 bits per heavy atom. The van der Waals surface area contributed by atoms with E-state index < -0.39 is 0 Å². The van der Waals surface area contributed by atoms with Crippen LogP contribution in [0.2, 0.25) is 0 Å². The minimum atomic E-state index is -0.126. The molecular formula is C24H29N5O2. The molecular weight excluding hydrogens is 390 g/mol. The van der Waals surface area contributed by atoms with Crippen LogP contribution in [-0.2, 0) is 4.79 Å². The molecule has 1 saturated heterocycles. The van der Waals surface area contributed by atoms with Crippen molar-refractivity contribution in [3.05, 3.63) is 66.3 Å². The SMILES string of the molecule is O=C(CCN(C(=O)c1cnccn1)C1CC1)N1CCN(CC=Cc2ccccc2)CC1. The molecule has 2 amide bonds. The fourth-order valence-corrected chi connectivity index (χ4v) is 3.85. The quantitative estimate of drug-likeness (QED) is 0.657. The van der Waals surface area contributed by atoms with Crippen LogP contribution < -0.4 is 0 Å². The van der Waals surface area contributed by atoms with Gasteiger partial charge in [0.05, 0.1) is 6.20 Å². The predicted octanol–water partition coefficient (Wildman–Crippen LogP) is 2.33. The topological polar surface area (TPSA) is 69.6 Å². The van der Waals surface area contributed by atoms with Crippen molar-refractivity contribution in [2.24, 2.45) is 0 Å². The monoisotopic (exact) mass is 419 g/mol. The van der Waals surface area contributed by atoms with Gasteiger partial charge in [-0.2, -0.15) is 0 Å². The molecule has 0 bridgehead atoms. The molecule has 31 heavy (non-hydrogen) atoms. The van der Waals surface area contributed by atoms with Gasteiger partial charge in [-0.1, -0.05) is 42.5 Å². The first kappa shape index (κ1) is 21.2. The smallest absolute Gasteiger partial charge is 0.274 e. The Hall–Kier alpha value is -3.06. The van der Waals surface area contributed by atoms with E-state index >= 15 is 0 Å². The van der Waals surface area contributed by atoms with Crippen molar-refractivity contribution < 1.29 is 9.59 Å². The maximum absolute atomic E-state index is 12.7. The van der Waals surface area contributed by atoms with Gasteiger partial charge in [-0.15, -0.1) is 0 Å². The van der Waals surface area contributed by atoms with Crippen LogP contribution in [-0.4, -0.2) is 81.8 Å². The molecule has 1 aliphatic carbocycles. The van der Waals surface area contributed by atoms with Crippen molar-refractivity contribution in [3.8, 4) is 0 Å². The second kappa shape index (κ2) is 10.3. The van der Waals surface area contributed by atoms with Crippen molar-refractivity contribution in [1.82, 2.24) is 24.7 Å². The highest BCUT2D eigenvalue weighted by Gasteiger charge is 2.34. The first-order valence-electron chi connectivity index (χ1n) is 11.0. The van der Waals surface area contributed by atoms with Gasteiger partial charge in [0.15, 0.2) is 0 Å². The minimum Gasteiger partial charge on any atom is -0.340 e. The Labute approximate surface area is 183 Å². The van der Waals surface area contributed by atoms with Crippen LogP contribution in [0.5, 0.6) is 0 Å². The van der Waals surface area contributed by atoms with Gasteiger partial charge in [0, 0.05) is 64.1 Å². The number of nitrogens with zero attached hydrogens (tertiary/aromatic N) is 5. The molecule has 1 aromatic carbocycles. The summed E-state index contributed by atoms with van der Waals surface area (Å²) in [5.74, 6) is -0.00417. The molecule has 0 spiro atoms. The van der Waals surface area contributed by atoms with Crippen molar-refractivity contribution in [2.75, 3.05) is 39.3 Å². The van der Waals surface area contributed by atoms with Gasteiger partial charge in [0.2, 0.25) is 5.91 Å².